The third kappa shape index (κ3) is 5.50. The van der Waals surface area contributed by atoms with Gasteiger partial charge in [-0.2, -0.15) is 0 Å². The van der Waals surface area contributed by atoms with Gasteiger partial charge in [0.15, 0.2) is 15.9 Å². The van der Waals surface area contributed by atoms with Gasteiger partial charge in [0, 0.05) is 4.88 Å². The zero-order valence-electron chi connectivity index (χ0n) is 19.0. The highest BCUT2D eigenvalue weighted by Gasteiger charge is 2.32. The molecule has 1 aromatic carbocycles. The lowest BCUT2D eigenvalue weighted by molar-refractivity contribution is -0.122. The number of sulfone groups is 1. The molecule has 1 N–H and O–H groups in total. The Morgan fingerprint density at radius 2 is 1.97 bits per heavy atom. The molecule has 0 bridgehead atoms. The molecule has 0 fully saturated rings. The molecule has 0 aliphatic carbocycles. The van der Waals surface area contributed by atoms with Gasteiger partial charge in [0.1, 0.15) is 10.8 Å². The minimum atomic E-state index is -3.22. The van der Waals surface area contributed by atoms with Crippen molar-refractivity contribution in [1.29, 1.82) is 0 Å². The van der Waals surface area contributed by atoms with Crippen LogP contribution in [-0.2, 0) is 37.0 Å². The summed E-state index contributed by atoms with van der Waals surface area (Å²) in [6, 6.07) is 7.58. The van der Waals surface area contributed by atoms with Gasteiger partial charge in [0.2, 0.25) is 0 Å². The quantitative estimate of drug-likeness (QED) is 0.627. The Kier molecular flexibility index (Phi) is 7.00. The van der Waals surface area contributed by atoms with Gasteiger partial charge in [-0.05, 0) is 48.9 Å². The highest BCUT2D eigenvalue weighted by molar-refractivity contribution is 7.90. The summed E-state index contributed by atoms with van der Waals surface area (Å²) in [4.78, 5) is 26.0. The summed E-state index contributed by atoms with van der Waals surface area (Å²) >= 11 is 1.11. The number of esters is 1. The molecule has 7 nitrogen and oxygen atoms in total. The predicted octanol–water partition coefficient (Wildman–Crippen LogP) is 4.10. The van der Waals surface area contributed by atoms with E-state index >= 15 is 0 Å². The minimum absolute atomic E-state index is 0.0276. The lowest BCUT2D eigenvalue weighted by Gasteiger charge is -2.21. The number of amides is 1. The second kappa shape index (κ2) is 9.23. The van der Waals surface area contributed by atoms with E-state index in [1.165, 1.54) is 0 Å². The molecule has 174 valence electrons. The number of carbonyl (C=O) groups excluding carboxylic acids is 2. The molecule has 0 saturated heterocycles. The number of carbonyl (C=O) groups is 2. The topological polar surface area (TPSA) is 98.8 Å². The molecule has 1 aliphatic rings. The first-order valence-corrected chi connectivity index (χ1v) is 13.1. The summed E-state index contributed by atoms with van der Waals surface area (Å²) in [5.41, 5.74) is 1.91. The number of thiophene rings is 1. The third-order valence-corrected chi connectivity index (χ3v) is 8.09. The number of hydrogen-bond donors (Lipinski definition) is 1. The molecule has 2 aromatic rings. The van der Waals surface area contributed by atoms with E-state index in [0.29, 0.717) is 21.2 Å². The van der Waals surface area contributed by atoms with Gasteiger partial charge >= 0.3 is 5.97 Å². The molecule has 0 radical (unpaired) electrons. The van der Waals surface area contributed by atoms with Gasteiger partial charge < -0.3 is 14.8 Å². The van der Waals surface area contributed by atoms with E-state index in [9.17, 15) is 18.0 Å². The Bertz CT molecular complexity index is 1130. The molecule has 1 aliphatic heterocycles. The molecule has 1 amide bonds. The van der Waals surface area contributed by atoms with Crippen molar-refractivity contribution in [3.05, 3.63) is 45.8 Å². The van der Waals surface area contributed by atoms with Gasteiger partial charge in [0.05, 0.1) is 23.7 Å². The number of ether oxygens (including phenoxy) is 2. The van der Waals surface area contributed by atoms with Crippen LogP contribution in [0, 0.1) is 0 Å². The van der Waals surface area contributed by atoms with Crippen LogP contribution in [0.25, 0.3) is 0 Å². The molecule has 2 heterocycles. The zero-order chi connectivity index (χ0) is 23.7. The molecule has 9 heteroatoms. The molecular formula is C23H29NO6S2. The fourth-order valence-electron chi connectivity index (χ4n) is 3.44. The van der Waals surface area contributed by atoms with Gasteiger partial charge in [0.25, 0.3) is 5.91 Å². The van der Waals surface area contributed by atoms with Crippen LogP contribution in [0.1, 0.15) is 61.0 Å². The Morgan fingerprint density at radius 3 is 2.62 bits per heavy atom. The van der Waals surface area contributed by atoms with Crippen LogP contribution in [0.3, 0.4) is 0 Å². The maximum absolute atomic E-state index is 12.9. The first kappa shape index (κ1) is 24.3. The van der Waals surface area contributed by atoms with Gasteiger partial charge in [-0.25, -0.2) is 13.2 Å². The van der Waals surface area contributed by atoms with Crippen LogP contribution in [0.2, 0.25) is 0 Å². The summed E-state index contributed by atoms with van der Waals surface area (Å²) in [5.74, 6) is -0.590. The monoisotopic (exact) mass is 479 g/mol. The molecule has 1 atom stereocenters. The van der Waals surface area contributed by atoms with Crippen molar-refractivity contribution in [2.45, 2.75) is 58.3 Å². The largest absolute Gasteiger partial charge is 0.481 e. The van der Waals surface area contributed by atoms with Crippen molar-refractivity contribution in [3.63, 3.8) is 0 Å². The maximum atomic E-state index is 12.9. The van der Waals surface area contributed by atoms with Crippen molar-refractivity contribution in [2.24, 2.45) is 0 Å². The number of rotatable bonds is 6. The van der Waals surface area contributed by atoms with Crippen LogP contribution in [0.4, 0.5) is 5.00 Å². The Balaban J connectivity index is 1.82. The first-order valence-electron chi connectivity index (χ1n) is 10.5. The van der Waals surface area contributed by atoms with Crippen LogP contribution in [0.5, 0.6) is 5.75 Å². The Morgan fingerprint density at radius 1 is 1.25 bits per heavy atom. The van der Waals surface area contributed by atoms with Gasteiger partial charge in [-0.15, -0.1) is 11.3 Å². The third-order valence-electron chi connectivity index (χ3n) is 5.20. The second-order valence-electron chi connectivity index (χ2n) is 8.80. The summed E-state index contributed by atoms with van der Waals surface area (Å²) < 4.78 is 35.1. The van der Waals surface area contributed by atoms with Crippen molar-refractivity contribution in [2.75, 3.05) is 17.7 Å². The van der Waals surface area contributed by atoms with Crippen molar-refractivity contribution in [3.8, 4) is 5.75 Å². The summed E-state index contributed by atoms with van der Waals surface area (Å²) in [6.45, 7) is 9.79. The SMILES string of the molecule is CCOC(=O)c1c(NC(=O)C(C)Oc2cccc(C(C)(C)C)c2)sc2c1CCS(=O)(=O)C2. The van der Waals surface area contributed by atoms with Gasteiger partial charge in [-0.1, -0.05) is 32.9 Å². The summed E-state index contributed by atoms with van der Waals surface area (Å²) in [7, 11) is -3.22. The molecular weight excluding hydrogens is 450 g/mol. The Labute approximate surface area is 193 Å². The normalized spacial score (nSPS) is 16.0. The lowest BCUT2D eigenvalue weighted by Crippen LogP contribution is -2.30. The lowest BCUT2D eigenvalue weighted by atomic mass is 9.87. The number of hydrogen-bond acceptors (Lipinski definition) is 7. The van der Waals surface area contributed by atoms with E-state index in [2.05, 4.69) is 26.1 Å². The second-order valence-corrected chi connectivity index (χ2v) is 12.1. The van der Waals surface area contributed by atoms with Crippen molar-refractivity contribution < 1.29 is 27.5 Å². The molecule has 1 unspecified atom stereocenters. The zero-order valence-corrected chi connectivity index (χ0v) is 20.6. The smallest absolute Gasteiger partial charge is 0.341 e. The van der Waals surface area contributed by atoms with Crippen LogP contribution < -0.4 is 10.1 Å². The highest BCUT2D eigenvalue weighted by atomic mass is 32.2. The van der Waals surface area contributed by atoms with E-state index in [4.69, 9.17) is 9.47 Å². The average molecular weight is 480 g/mol. The van der Waals surface area contributed by atoms with Crippen molar-refractivity contribution in [1.82, 2.24) is 0 Å². The minimum Gasteiger partial charge on any atom is -0.481 e. The highest BCUT2D eigenvalue weighted by Crippen LogP contribution is 2.38. The molecule has 32 heavy (non-hydrogen) atoms. The fraction of sp³-hybridized carbons (Fsp3) is 0.478. The Hall–Kier alpha value is -2.39. The van der Waals surface area contributed by atoms with Crippen LogP contribution >= 0.6 is 11.3 Å². The molecule has 3 rings (SSSR count). The van der Waals surface area contributed by atoms with E-state index in [0.717, 1.165) is 16.9 Å². The molecule has 0 saturated carbocycles. The van der Waals surface area contributed by atoms with Gasteiger partial charge in [-0.3, -0.25) is 4.79 Å². The number of fused-ring (bicyclic) bond motifs is 1. The summed E-state index contributed by atoms with van der Waals surface area (Å²) in [6.07, 6.45) is -0.604. The van der Waals surface area contributed by atoms with Crippen LogP contribution in [-0.4, -0.2) is 38.8 Å². The first-order chi connectivity index (χ1) is 14.9. The number of nitrogens with one attached hydrogen (secondary N) is 1. The van der Waals surface area contributed by atoms with E-state index < -0.39 is 27.8 Å². The molecule has 0 spiro atoms. The van der Waals surface area contributed by atoms with E-state index in [1.807, 2.05) is 18.2 Å². The molecule has 1 aromatic heterocycles. The average Bonchev–Trinajstić information content (AvgIpc) is 3.03. The van der Waals surface area contributed by atoms with E-state index in [-0.39, 0.29) is 35.5 Å². The standard InChI is InChI=1S/C23H29NO6S2/c1-6-29-22(26)19-17-10-11-32(27,28)13-18(17)31-21(19)24-20(25)14(2)30-16-9-7-8-15(12-16)23(3,4)5/h7-9,12,14H,6,10-11,13H2,1-5H3,(H,24,25). The fourth-order valence-corrected chi connectivity index (χ4v) is 6.48. The van der Waals surface area contributed by atoms with Crippen LogP contribution in [0.15, 0.2) is 24.3 Å². The maximum Gasteiger partial charge on any atom is 0.341 e. The predicted molar refractivity (Wildman–Crippen MR) is 125 cm³/mol. The number of anilines is 1. The summed E-state index contributed by atoms with van der Waals surface area (Å²) in [5, 5.41) is 3.06. The van der Waals surface area contributed by atoms with E-state index in [1.54, 1.807) is 19.9 Å². The number of benzene rings is 1. The van der Waals surface area contributed by atoms with Crippen molar-refractivity contribution >= 4 is 38.1 Å².